The highest BCUT2D eigenvalue weighted by atomic mass is 35.5. The van der Waals surface area contributed by atoms with Gasteiger partial charge in [-0.3, -0.25) is 9.59 Å². The van der Waals surface area contributed by atoms with E-state index < -0.39 is 6.04 Å². The van der Waals surface area contributed by atoms with Crippen molar-refractivity contribution in [2.24, 2.45) is 11.1 Å². The molecule has 3 N–H and O–H groups in total. The molecule has 0 aliphatic heterocycles. The molecule has 25 heavy (non-hydrogen) atoms. The van der Waals surface area contributed by atoms with Crippen molar-refractivity contribution in [2.75, 3.05) is 20.1 Å². The fourth-order valence-electron chi connectivity index (χ4n) is 2.62. The molecule has 0 fully saturated rings. The van der Waals surface area contributed by atoms with E-state index in [2.05, 4.69) is 5.32 Å². The summed E-state index contributed by atoms with van der Waals surface area (Å²) in [6.07, 6.45) is 1.75. The van der Waals surface area contributed by atoms with Crippen molar-refractivity contribution >= 4 is 24.2 Å². The van der Waals surface area contributed by atoms with Gasteiger partial charge in [-0.15, -0.1) is 12.4 Å². The minimum Gasteiger partial charge on any atom is -0.344 e. The van der Waals surface area contributed by atoms with Crippen LogP contribution in [0.25, 0.3) is 0 Å². The lowest BCUT2D eigenvalue weighted by Crippen LogP contribution is -2.50. The molecule has 0 radical (unpaired) electrons. The zero-order chi connectivity index (χ0) is 18.2. The van der Waals surface area contributed by atoms with Gasteiger partial charge in [-0.1, -0.05) is 57.5 Å². The Bertz CT molecular complexity index is 535. The van der Waals surface area contributed by atoms with Crippen LogP contribution in [0.3, 0.4) is 0 Å². The summed E-state index contributed by atoms with van der Waals surface area (Å²) in [7, 11) is 1.77. The van der Waals surface area contributed by atoms with Crippen LogP contribution in [0.1, 0.15) is 39.2 Å². The monoisotopic (exact) mass is 369 g/mol. The van der Waals surface area contributed by atoms with Crippen molar-refractivity contribution < 1.29 is 9.59 Å². The minimum atomic E-state index is -0.482. The minimum absolute atomic E-state index is 0. The molecule has 1 aromatic carbocycles. The van der Waals surface area contributed by atoms with Gasteiger partial charge in [0, 0.05) is 13.6 Å². The molecule has 0 spiro atoms. The van der Waals surface area contributed by atoms with Crippen LogP contribution in [-0.4, -0.2) is 42.9 Å². The smallest absolute Gasteiger partial charge is 0.244 e. The molecule has 1 atom stereocenters. The van der Waals surface area contributed by atoms with E-state index in [1.54, 1.807) is 11.9 Å². The number of hydrogen-bond acceptors (Lipinski definition) is 3. The molecule has 5 nitrogen and oxygen atoms in total. The van der Waals surface area contributed by atoms with Gasteiger partial charge in [0.2, 0.25) is 11.8 Å². The standard InChI is InChI=1S/C19H31N3O2.ClH/c1-5-9-16(18(24)22(4)14-19(2,3)13-20)21-17(23)12-15-10-7-6-8-11-15;/h6-8,10-11,16H,5,9,12-14,20H2,1-4H3,(H,21,23);1H. The highest BCUT2D eigenvalue weighted by Crippen LogP contribution is 2.15. The summed E-state index contributed by atoms with van der Waals surface area (Å²) in [4.78, 5) is 26.6. The summed E-state index contributed by atoms with van der Waals surface area (Å²) in [5.41, 5.74) is 6.54. The van der Waals surface area contributed by atoms with Gasteiger partial charge in [-0.25, -0.2) is 0 Å². The van der Waals surface area contributed by atoms with Gasteiger partial charge in [-0.2, -0.15) is 0 Å². The Balaban J connectivity index is 0.00000576. The van der Waals surface area contributed by atoms with E-state index in [9.17, 15) is 9.59 Å². The summed E-state index contributed by atoms with van der Waals surface area (Å²) >= 11 is 0. The van der Waals surface area contributed by atoms with Crippen molar-refractivity contribution in [1.82, 2.24) is 10.2 Å². The Morgan fingerprint density at radius 2 is 1.84 bits per heavy atom. The normalized spacial score (nSPS) is 12.0. The summed E-state index contributed by atoms with van der Waals surface area (Å²) in [6.45, 7) is 7.13. The van der Waals surface area contributed by atoms with Gasteiger partial charge in [0.05, 0.1) is 6.42 Å². The number of nitrogens with two attached hydrogens (primary N) is 1. The van der Waals surface area contributed by atoms with E-state index in [0.717, 1.165) is 12.0 Å². The SMILES string of the molecule is CCCC(NC(=O)Cc1ccccc1)C(=O)N(C)CC(C)(C)CN.Cl. The summed E-state index contributed by atoms with van der Waals surface area (Å²) in [5, 5.41) is 2.89. The first-order valence-electron chi connectivity index (χ1n) is 8.57. The molecule has 0 heterocycles. The molecule has 0 aromatic heterocycles. The maximum absolute atomic E-state index is 12.7. The van der Waals surface area contributed by atoms with E-state index in [1.807, 2.05) is 51.1 Å². The molecular formula is C19H32ClN3O2. The second-order valence-electron chi connectivity index (χ2n) is 7.13. The molecule has 0 bridgehead atoms. The Morgan fingerprint density at radius 1 is 1.24 bits per heavy atom. The van der Waals surface area contributed by atoms with Crippen molar-refractivity contribution in [3.63, 3.8) is 0 Å². The molecule has 0 saturated heterocycles. The third-order valence-corrected chi connectivity index (χ3v) is 4.01. The molecule has 0 saturated carbocycles. The predicted molar refractivity (Wildman–Crippen MR) is 105 cm³/mol. The second kappa shape index (κ2) is 11.1. The van der Waals surface area contributed by atoms with E-state index in [1.165, 1.54) is 0 Å². The third-order valence-electron chi connectivity index (χ3n) is 4.01. The van der Waals surface area contributed by atoms with Gasteiger partial charge < -0.3 is 16.0 Å². The largest absolute Gasteiger partial charge is 0.344 e. The number of likely N-dealkylation sites (N-methyl/N-ethyl adjacent to an activating group) is 1. The molecular weight excluding hydrogens is 338 g/mol. The first-order valence-corrected chi connectivity index (χ1v) is 8.57. The maximum Gasteiger partial charge on any atom is 0.244 e. The molecule has 0 aliphatic carbocycles. The number of hydrogen-bond donors (Lipinski definition) is 2. The number of benzene rings is 1. The lowest BCUT2D eigenvalue weighted by Gasteiger charge is -2.31. The number of halogens is 1. The summed E-state index contributed by atoms with van der Waals surface area (Å²) in [6, 6.07) is 9.06. The average molecular weight is 370 g/mol. The topological polar surface area (TPSA) is 75.4 Å². The van der Waals surface area contributed by atoms with Crippen LogP contribution in [0.5, 0.6) is 0 Å². The van der Waals surface area contributed by atoms with Crippen molar-refractivity contribution in [3.8, 4) is 0 Å². The van der Waals surface area contributed by atoms with Gasteiger partial charge >= 0.3 is 0 Å². The summed E-state index contributed by atoms with van der Waals surface area (Å²) in [5.74, 6) is -0.181. The zero-order valence-electron chi connectivity index (χ0n) is 15.7. The van der Waals surface area contributed by atoms with Crippen molar-refractivity contribution in [3.05, 3.63) is 35.9 Å². The average Bonchev–Trinajstić information content (AvgIpc) is 2.54. The summed E-state index contributed by atoms with van der Waals surface area (Å²) < 4.78 is 0. The molecule has 1 unspecified atom stereocenters. The Hall–Kier alpha value is -1.59. The first-order chi connectivity index (χ1) is 11.3. The number of rotatable bonds is 9. The van der Waals surface area contributed by atoms with E-state index >= 15 is 0 Å². The maximum atomic E-state index is 12.7. The fraction of sp³-hybridized carbons (Fsp3) is 0.579. The van der Waals surface area contributed by atoms with Gasteiger partial charge in [0.25, 0.3) is 0 Å². The fourth-order valence-corrected chi connectivity index (χ4v) is 2.62. The van der Waals surface area contributed by atoms with Crippen LogP contribution in [-0.2, 0) is 16.0 Å². The number of carbonyl (C=O) groups excluding carboxylic acids is 2. The van der Waals surface area contributed by atoms with Crippen molar-refractivity contribution in [1.29, 1.82) is 0 Å². The van der Waals surface area contributed by atoms with Crippen LogP contribution < -0.4 is 11.1 Å². The van der Waals surface area contributed by atoms with E-state index in [-0.39, 0.29) is 36.1 Å². The molecule has 1 aromatic rings. The Kier molecular flexibility index (Phi) is 10.4. The lowest BCUT2D eigenvalue weighted by atomic mass is 9.93. The van der Waals surface area contributed by atoms with Crippen LogP contribution in [0.15, 0.2) is 30.3 Å². The quantitative estimate of drug-likeness (QED) is 0.701. The lowest BCUT2D eigenvalue weighted by molar-refractivity contribution is -0.136. The Morgan fingerprint density at radius 3 is 2.36 bits per heavy atom. The first kappa shape index (κ1) is 23.4. The predicted octanol–water partition coefficient (Wildman–Crippen LogP) is 2.38. The van der Waals surface area contributed by atoms with Crippen LogP contribution >= 0.6 is 12.4 Å². The third kappa shape index (κ3) is 8.36. The second-order valence-corrected chi connectivity index (χ2v) is 7.13. The van der Waals surface area contributed by atoms with E-state index in [4.69, 9.17) is 5.73 Å². The van der Waals surface area contributed by atoms with Crippen molar-refractivity contribution in [2.45, 2.75) is 46.1 Å². The molecule has 0 aliphatic rings. The van der Waals surface area contributed by atoms with Crippen LogP contribution in [0.2, 0.25) is 0 Å². The van der Waals surface area contributed by atoms with Gasteiger partial charge in [0.15, 0.2) is 0 Å². The molecule has 2 amide bonds. The number of nitrogens with zero attached hydrogens (tertiary/aromatic N) is 1. The number of carbonyl (C=O) groups is 2. The van der Waals surface area contributed by atoms with E-state index in [0.29, 0.717) is 19.5 Å². The number of amides is 2. The molecule has 142 valence electrons. The van der Waals surface area contributed by atoms with Crippen LogP contribution in [0, 0.1) is 5.41 Å². The Labute approximate surface area is 157 Å². The molecule has 6 heteroatoms. The molecule has 1 rings (SSSR count). The highest BCUT2D eigenvalue weighted by Gasteiger charge is 2.27. The van der Waals surface area contributed by atoms with Gasteiger partial charge in [-0.05, 0) is 23.9 Å². The number of nitrogens with one attached hydrogen (secondary N) is 1. The highest BCUT2D eigenvalue weighted by molar-refractivity contribution is 5.88. The van der Waals surface area contributed by atoms with Crippen LogP contribution in [0.4, 0.5) is 0 Å². The zero-order valence-corrected chi connectivity index (χ0v) is 16.6. The van der Waals surface area contributed by atoms with Gasteiger partial charge in [0.1, 0.15) is 6.04 Å².